The highest BCUT2D eigenvalue weighted by Crippen LogP contribution is 2.66. The molecule has 1 N–H and O–H groups in total. The highest BCUT2D eigenvalue weighted by atomic mass is 16.7. The molecule has 1 aromatic rings. The monoisotopic (exact) mass is 531 g/mol. The molecule has 0 radical (unpaired) electrons. The fourth-order valence-electron chi connectivity index (χ4n) is 9.59. The summed E-state index contributed by atoms with van der Waals surface area (Å²) in [6.45, 7) is 5.90. The molecule has 0 spiro atoms. The van der Waals surface area contributed by atoms with E-state index in [1.54, 1.807) is 7.11 Å². The van der Waals surface area contributed by atoms with Gasteiger partial charge in [-0.15, -0.1) is 0 Å². The summed E-state index contributed by atoms with van der Waals surface area (Å²) in [5.74, 6) is 11.1. The molecular weight excluding hydrogens is 490 g/mol. The topological polar surface area (TPSA) is 68.2 Å². The molecule has 0 saturated heterocycles. The Kier molecular flexibility index (Phi) is 5.72. The van der Waals surface area contributed by atoms with Crippen molar-refractivity contribution in [2.45, 2.75) is 83.3 Å². The van der Waals surface area contributed by atoms with Crippen LogP contribution in [0.1, 0.15) is 82.4 Å². The van der Waals surface area contributed by atoms with Gasteiger partial charge in [0.05, 0.1) is 7.11 Å². The summed E-state index contributed by atoms with van der Waals surface area (Å²) in [7, 11) is 3.77. The van der Waals surface area contributed by atoms with Crippen LogP contribution in [0, 0.1) is 40.4 Å². The number of ether oxygens (including phenoxy) is 3. The van der Waals surface area contributed by atoms with Crippen molar-refractivity contribution in [3.63, 3.8) is 0 Å². The molecule has 7 atom stereocenters. The van der Waals surface area contributed by atoms with Crippen molar-refractivity contribution < 1.29 is 24.1 Å². The molecule has 3 fully saturated rings. The molecule has 6 aliphatic rings. The normalized spacial score (nSPS) is 40.4. The van der Waals surface area contributed by atoms with E-state index in [1.165, 1.54) is 17.6 Å². The third-order valence-electron chi connectivity index (χ3n) is 11.6. The first-order valence-electron chi connectivity index (χ1n) is 14.8. The third-order valence-corrected chi connectivity index (χ3v) is 11.6. The van der Waals surface area contributed by atoms with Crippen molar-refractivity contribution in [3.8, 4) is 29.1 Å². The van der Waals surface area contributed by atoms with Gasteiger partial charge in [-0.3, -0.25) is 9.69 Å². The van der Waals surface area contributed by atoms with Crippen molar-refractivity contribution in [2.24, 2.45) is 28.6 Å². The molecule has 0 bridgehead atoms. The largest absolute Gasteiger partial charge is 0.492 e. The Labute approximate surface area is 232 Å². The van der Waals surface area contributed by atoms with Crippen LogP contribution in [-0.2, 0) is 11.2 Å². The van der Waals surface area contributed by atoms with Crippen LogP contribution in [0.3, 0.4) is 0 Å². The van der Waals surface area contributed by atoms with E-state index < -0.39 is 5.60 Å². The van der Waals surface area contributed by atoms with Gasteiger partial charge in [-0.1, -0.05) is 31.3 Å². The Bertz CT molecular complexity index is 1320. The maximum Gasteiger partial charge on any atom is 0.231 e. The second-order valence-electron chi connectivity index (χ2n) is 13.7. The molecule has 2 aliphatic heterocycles. The number of carbonyl (C=O) groups excluding carboxylic acids is 1. The maximum atomic E-state index is 12.2. The van der Waals surface area contributed by atoms with Gasteiger partial charge in [0.25, 0.3) is 0 Å². The van der Waals surface area contributed by atoms with E-state index in [4.69, 9.17) is 14.2 Å². The predicted molar refractivity (Wildman–Crippen MR) is 148 cm³/mol. The number of carbonyl (C=O) groups is 1. The van der Waals surface area contributed by atoms with Gasteiger partial charge in [0, 0.05) is 18.5 Å². The Balaban J connectivity index is 1.19. The summed E-state index contributed by atoms with van der Waals surface area (Å²) in [5, 5.41) is 12.0. The van der Waals surface area contributed by atoms with Gasteiger partial charge in [-0.05, 0) is 105 Å². The van der Waals surface area contributed by atoms with E-state index in [0.29, 0.717) is 41.5 Å². The highest BCUT2D eigenvalue weighted by Gasteiger charge is 2.60. The summed E-state index contributed by atoms with van der Waals surface area (Å²) >= 11 is 0. The fraction of sp³-hybridized carbons (Fsp3) is 0.667. The number of aliphatic hydroxyl groups is 1. The smallest absolute Gasteiger partial charge is 0.231 e. The zero-order chi connectivity index (χ0) is 27.2. The number of ketones is 1. The first-order valence-corrected chi connectivity index (χ1v) is 14.8. The Hall–Kier alpha value is -2.49. The minimum Gasteiger partial charge on any atom is -0.492 e. The van der Waals surface area contributed by atoms with Crippen LogP contribution in [0.25, 0.3) is 0 Å². The van der Waals surface area contributed by atoms with E-state index in [1.807, 2.05) is 6.08 Å². The van der Waals surface area contributed by atoms with Gasteiger partial charge in [0.1, 0.15) is 11.6 Å². The number of nitrogens with zero attached hydrogens (tertiary/aromatic N) is 1. The average Bonchev–Trinajstić information content (AvgIpc) is 3.48. The molecule has 1 aromatic carbocycles. The number of benzene rings is 1. The molecule has 4 aliphatic carbocycles. The zero-order valence-corrected chi connectivity index (χ0v) is 23.8. The van der Waals surface area contributed by atoms with Gasteiger partial charge >= 0.3 is 0 Å². The molecule has 6 nitrogen and oxygen atoms in total. The van der Waals surface area contributed by atoms with Crippen LogP contribution in [0.5, 0.6) is 17.2 Å². The molecular formula is C33H41NO5. The lowest BCUT2D eigenvalue weighted by molar-refractivity contribution is -0.117. The lowest BCUT2D eigenvalue weighted by Crippen LogP contribution is -2.49. The number of hydrogen-bond donors (Lipinski definition) is 1. The van der Waals surface area contributed by atoms with Crippen LogP contribution in [-0.4, -0.2) is 48.9 Å². The lowest BCUT2D eigenvalue weighted by Gasteiger charge is -2.57. The van der Waals surface area contributed by atoms with Crippen LogP contribution < -0.4 is 14.2 Å². The van der Waals surface area contributed by atoms with Gasteiger partial charge in [0.15, 0.2) is 17.3 Å². The van der Waals surface area contributed by atoms with Crippen LogP contribution >= 0.6 is 0 Å². The Morgan fingerprint density at radius 1 is 1.13 bits per heavy atom. The van der Waals surface area contributed by atoms with E-state index in [2.05, 4.69) is 43.7 Å². The SMILES string of the molecule is COc1c2c(cc3c1[C@@H](C#C[C@@]1(O)C[C@@H]4[C@@H]5CCC6=CC(=O)CC[C@]6(C)[C@@H]5CC[C@]4(C)C1)N(C)CC3)OCO2. The van der Waals surface area contributed by atoms with Crippen molar-refractivity contribution in [3.05, 3.63) is 28.8 Å². The van der Waals surface area contributed by atoms with Gasteiger partial charge in [0.2, 0.25) is 12.5 Å². The summed E-state index contributed by atoms with van der Waals surface area (Å²) in [6, 6.07) is 1.90. The maximum absolute atomic E-state index is 12.2. The minimum atomic E-state index is -0.990. The molecule has 0 aromatic heterocycles. The number of likely N-dealkylation sites (N-methyl/N-ethyl adjacent to an activating group) is 1. The van der Waals surface area contributed by atoms with Crippen molar-refractivity contribution >= 4 is 5.78 Å². The van der Waals surface area contributed by atoms with Gasteiger partial charge in [-0.2, -0.15) is 0 Å². The van der Waals surface area contributed by atoms with Crippen LogP contribution in [0.4, 0.5) is 0 Å². The first kappa shape index (κ1) is 25.5. The fourth-order valence-corrected chi connectivity index (χ4v) is 9.59. The molecule has 6 heteroatoms. The first-order chi connectivity index (χ1) is 18.6. The molecule has 0 unspecified atom stereocenters. The lowest BCUT2D eigenvalue weighted by atomic mass is 9.47. The molecule has 2 heterocycles. The van der Waals surface area contributed by atoms with E-state index in [0.717, 1.165) is 62.8 Å². The number of rotatable bonds is 1. The van der Waals surface area contributed by atoms with Crippen LogP contribution in [0.2, 0.25) is 0 Å². The second kappa shape index (κ2) is 8.75. The predicted octanol–water partition coefficient (Wildman–Crippen LogP) is 5.22. The average molecular weight is 532 g/mol. The molecule has 208 valence electrons. The number of hydrogen-bond acceptors (Lipinski definition) is 6. The second-order valence-corrected chi connectivity index (χ2v) is 13.7. The summed E-state index contributed by atoms with van der Waals surface area (Å²) in [6.07, 6.45) is 10.5. The third kappa shape index (κ3) is 3.79. The molecule has 39 heavy (non-hydrogen) atoms. The number of methoxy groups -OCH3 is 1. The van der Waals surface area contributed by atoms with Crippen LogP contribution in [0.15, 0.2) is 17.7 Å². The van der Waals surface area contributed by atoms with Crippen molar-refractivity contribution in [1.82, 2.24) is 4.90 Å². The Morgan fingerprint density at radius 3 is 2.79 bits per heavy atom. The van der Waals surface area contributed by atoms with E-state index in [-0.39, 0.29) is 23.7 Å². The van der Waals surface area contributed by atoms with E-state index >= 15 is 0 Å². The number of allylic oxidation sites excluding steroid dienone is 1. The molecule has 7 rings (SSSR count). The summed E-state index contributed by atoms with van der Waals surface area (Å²) < 4.78 is 17.3. The summed E-state index contributed by atoms with van der Waals surface area (Å²) in [4.78, 5) is 14.4. The molecule has 3 saturated carbocycles. The van der Waals surface area contributed by atoms with Gasteiger partial charge < -0.3 is 19.3 Å². The van der Waals surface area contributed by atoms with E-state index in [9.17, 15) is 9.90 Å². The zero-order valence-electron chi connectivity index (χ0n) is 23.8. The minimum absolute atomic E-state index is 0.104. The summed E-state index contributed by atoms with van der Waals surface area (Å²) in [5.41, 5.74) is 2.87. The highest BCUT2D eigenvalue weighted by molar-refractivity contribution is 5.91. The standard InChI is InChI=1S/C33H41NO5/c1-31-11-8-24-23(6-5-21-16-22(35)7-12-32(21,24)2)25(31)17-33(36,18-31)13-9-26-28-20(10-14-34(26)3)15-27-29(30(28)37-4)39-19-38-27/h15-16,23-26,36H,5-8,10-12,14,17-19H2,1-4H3/t23-,24-,25-,26-,31-,32+,33-/m1/s1. The van der Waals surface area contributed by atoms with Gasteiger partial charge in [-0.25, -0.2) is 0 Å². The molecule has 0 amide bonds. The quantitative estimate of drug-likeness (QED) is 0.502. The van der Waals surface area contributed by atoms with Crippen molar-refractivity contribution in [1.29, 1.82) is 0 Å². The number of fused-ring (bicyclic) bond motifs is 7. The van der Waals surface area contributed by atoms with Crippen molar-refractivity contribution in [2.75, 3.05) is 27.5 Å². The Morgan fingerprint density at radius 2 is 1.97 bits per heavy atom.